The van der Waals surface area contributed by atoms with Gasteiger partial charge in [-0.3, -0.25) is 9.69 Å². The van der Waals surface area contributed by atoms with Crippen LogP contribution in [0.2, 0.25) is 5.02 Å². The summed E-state index contributed by atoms with van der Waals surface area (Å²) in [6, 6.07) is 11.0. The quantitative estimate of drug-likeness (QED) is 0.417. The number of alkyl halides is 4. The minimum atomic E-state index is -4.79. The predicted molar refractivity (Wildman–Crippen MR) is 136 cm³/mol. The van der Waals surface area contributed by atoms with Crippen LogP contribution >= 0.6 is 23.2 Å². The fraction of sp³-hybridized carbons (Fsp3) is 0.423. The van der Waals surface area contributed by atoms with Crippen molar-refractivity contribution in [1.29, 1.82) is 0 Å². The van der Waals surface area contributed by atoms with Gasteiger partial charge in [0.2, 0.25) is 0 Å². The van der Waals surface area contributed by atoms with Crippen molar-refractivity contribution in [2.24, 2.45) is 0 Å². The molecule has 0 N–H and O–H groups in total. The van der Waals surface area contributed by atoms with Crippen LogP contribution < -0.4 is 9.75 Å². The van der Waals surface area contributed by atoms with Crippen molar-refractivity contribution in [1.82, 2.24) is 9.91 Å². The van der Waals surface area contributed by atoms with Crippen LogP contribution in [0.15, 0.2) is 48.5 Å². The normalized spacial score (nSPS) is 24.7. The maximum atomic E-state index is 13.2. The highest BCUT2D eigenvalue weighted by Gasteiger charge is 2.57. The number of halogens is 5. The Bertz CT molecular complexity index is 1170. The SMILES string of the molecule is Cc1ccc(Cl)cc1C1=CCN(C(C)C2(C)C(Cl)C(=O)N(c3ccc(OC(F)(F)F)cc3)N2C)CC1. The molecule has 3 unspecified atom stereocenters. The fourth-order valence-corrected chi connectivity index (χ4v) is 5.64. The number of hydrazine groups is 1. The highest BCUT2D eigenvalue weighted by molar-refractivity contribution is 6.35. The summed E-state index contributed by atoms with van der Waals surface area (Å²) in [6.45, 7) is 7.52. The van der Waals surface area contributed by atoms with Crippen LogP contribution in [0.4, 0.5) is 18.9 Å². The molecule has 2 aromatic rings. The molecule has 2 aliphatic heterocycles. The van der Waals surface area contributed by atoms with Gasteiger partial charge in [0.1, 0.15) is 11.1 Å². The average Bonchev–Trinajstić information content (AvgIpc) is 3.00. The second-order valence-corrected chi connectivity index (χ2v) is 10.3. The van der Waals surface area contributed by atoms with Crippen molar-refractivity contribution in [3.8, 4) is 5.75 Å². The average molecular weight is 542 g/mol. The molecule has 194 valence electrons. The van der Waals surface area contributed by atoms with Gasteiger partial charge in [-0.1, -0.05) is 23.7 Å². The van der Waals surface area contributed by atoms with Gasteiger partial charge in [0.15, 0.2) is 0 Å². The van der Waals surface area contributed by atoms with E-state index in [-0.39, 0.29) is 17.7 Å². The maximum absolute atomic E-state index is 13.2. The molecular formula is C26H28Cl2F3N3O2. The Labute approximate surface area is 219 Å². The zero-order chi connectivity index (χ0) is 26.4. The lowest BCUT2D eigenvalue weighted by atomic mass is 9.87. The van der Waals surface area contributed by atoms with Crippen molar-refractivity contribution in [2.45, 2.75) is 50.5 Å². The van der Waals surface area contributed by atoms with Gasteiger partial charge in [-0.05, 0) is 80.3 Å². The van der Waals surface area contributed by atoms with Crippen molar-refractivity contribution >= 4 is 40.4 Å². The molecule has 0 radical (unpaired) electrons. The molecule has 0 aliphatic carbocycles. The summed E-state index contributed by atoms with van der Waals surface area (Å²) in [7, 11) is 1.78. The van der Waals surface area contributed by atoms with Crippen molar-refractivity contribution in [3.05, 3.63) is 64.7 Å². The number of benzene rings is 2. The molecule has 1 fully saturated rings. The Hall–Kier alpha value is -2.26. The van der Waals surface area contributed by atoms with Gasteiger partial charge in [0.25, 0.3) is 5.91 Å². The van der Waals surface area contributed by atoms with Crippen molar-refractivity contribution in [3.63, 3.8) is 0 Å². The summed E-state index contributed by atoms with van der Waals surface area (Å²) in [5.41, 5.74) is 3.20. The highest BCUT2D eigenvalue weighted by atomic mass is 35.5. The van der Waals surface area contributed by atoms with Crippen LogP contribution in [0.1, 0.15) is 31.4 Å². The smallest absolute Gasteiger partial charge is 0.406 e. The number of nitrogens with zero attached hydrogens (tertiary/aromatic N) is 3. The van der Waals surface area contributed by atoms with Crippen LogP contribution in [0.25, 0.3) is 5.57 Å². The fourth-order valence-electron chi connectivity index (χ4n) is 5.05. The van der Waals surface area contributed by atoms with Gasteiger partial charge in [-0.25, -0.2) is 10.0 Å². The first kappa shape index (κ1) is 26.8. The zero-order valence-electron chi connectivity index (χ0n) is 20.4. The van der Waals surface area contributed by atoms with Gasteiger partial charge in [-0.15, -0.1) is 24.8 Å². The van der Waals surface area contributed by atoms with Crippen LogP contribution in [0.5, 0.6) is 5.75 Å². The molecule has 1 saturated heterocycles. The molecule has 0 bridgehead atoms. The van der Waals surface area contributed by atoms with Crippen LogP contribution in [-0.4, -0.2) is 59.3 Å². The van der Waals surface area contributed by atoms with Gasteiger partial charge >= 0.3 is 6.36 Å². The first-order valence-electron chi connectivity index (χ1n) is 11.6. The summed E-state index contributed by atoms with van der Waals surface area (Å²) in [4.78, 5) is 15.5. The maximum Gasteiger partial charge on any atom is 0.573 e. The Kier molecular flexibility index (Phi) is 7.36. The summed E-state index contributed by atoms with van der Waals surface area (Å²) in [5.74, 6) is -0.689. The number of carbonyl (C=O) groups excluding carboxylic acids is 1. The molecular weight excluding hydrogens is 514 g/mol. The lowest BCUT2D eigenvalue weighted by molar-refractivity contribution is -0.274. The first-order valence-corrected chi connectivity index (χ1v) is 12.4. The molecule has 2 aromatic carbocycles. The molecule has 4 rings (SSSR count). The van der Waals surface area contributed by atoms with E-state index >= 15 is 0 Å². The van der Waals surface area contributed by atoms with Gasteiger partial charge in [0.05, 0.1) is 11.2 Å². The molecule has 3 atom stereocenters. The first-order chi connectivity index (χ1) is 16.8. The Morgan fingerprint density at radius 1 is 1.17 bits per heavy atom. The van der Waals surface area contributed by atoms with Gasteiger partial charge in [0, 0.05) is 31.2 Å². The van der Waals surface area contributed by atoms with E-state index in [9.17, 15) is 18.0 Å². The second-order valence-electron chi connectivity index (χ2n) is 9.41. The number of aryl methyl sites for hydroxylation is 1. The Morgan fingerprint density at radius 2 is 1.83 bits per heavy atom. The molecule has 2 heterocycles. The number of hydrogen-bond acceptors (Lipinski definition) is 4. The minimum absolute atomic E-state index is 0.106. The third-order valence-corrected chi connectivity index (χ3v) is 8.29. The van der Waals surface area contributed by atoms with E-state index in [1.807, 2.05) is 32.0 Å². The Morgan fingerprint density at radius 3 is 2.42 bits per heavy atom. The van der Waals surface area contributed by atoms with Gasteiger partial charge < -0.3 is 4.74 Å². The largest absolute Gasteiger partial charge is 0.573 e. The van der Waals surface area contributed by atoms with E-state index in [1.165, 1.54) is 40.4 Å². The number of amides is 1. The standard InChI is InChI=1S/C26H28Cl2F3N3O2/c1-16-5-6-19(27)15-22(16)18-11-13-33(14-12-18)17(2)25(3)23(28)24(35)34(32(25)4)20-7-9-21(10-8-20)36-26(29,30)31/h5-11,15,17,23H,12-14H2,1-4H3. The summed E-state index contributed by atoms with van der Waals surface area (Å²) < 4.78 is 41.5. The van der Waals surface area contributed by atoms with E-state index in [4.69, 9.17) is 23.2 Å². The molecule has 36 heavy (non-hydrogen) atoms. The summed E-state index contributed by atoms with van der Waals surface area (Å²) in [5, 5.41) is 3.06. The van der Waals surface area contributed by atoms with E-state index in [2.05, 4.69) is 22.6 Å². The number of anilines is 1. The van der Waals surface area contributed by atoms with Gasteiger partial charge in [-0.2, -0.15) is 0 Å². The Balaban J connectivity index is 1.53. The number of rotatable bonds is 5. The van der Waals surface area contributed by atoms with Crippen LogP contribution in [-0.2, 0) is 4.79 Å². The number of ether oxygens (including phenoxy) is 1. The molecule has 0 spiro atoms. The minimum Gasteiger partial charge on any atom is -0.406 e. The topological polar surface area (TPSA) is 36.0 Å². The molecule has 0 aromatic heterocycles. The zero-order valence-corrected chi connectivity index (χ0v) is 22.0. The molecule has 5 nitrogen and oxygen atoms in total. The number of hydrogen-bond donors (Lipinski definition) is 0. The predicted octanol–water partition coefficient (Wildman–Crippen LogP) is 6.28. The third-order valence-electron chi connectivity index (χ3n) is 7.43. The lowest BCUT2D eigenvalue weighted by Gasteiger charge is -2.46. The van der Waals surface area contributed by atoms with E-state index in [1.54, 1.807) is 12.1 Å². The van der Waals surface area contributed by atoms with Crippen molar-refractivity contribution in [2.75, 3.05) is 25.1 Å². The highest BCUT2D eigenvalue weighted by Crippen LogP contribution is 2.41. The van der Waals surface area contributed by atoms with E-state index in [0.717, 1.165) is 18.5 Å². The monoisotopic (exact) mass is 541 g/mol. The third kappa shape index (κ3) is 4.96. The number of carbonyl (C=O) groups is 1. The summed E-state index contributed by atoms with van der Waals surface area (Å²) in [6.07, 6.45) is -1.76. The van der Waals surface area contributed by atoms with E-state index < -0.39 is 17.3 Å². The lowest BCUT2D eigenvalue weighted by Crippen LogP contribution is -2.61. The molecule has 0 saturated carbocycles. The number of likely N-dealkylation sites (N-methyl/N-ethyl adjacent to an activating group) is 1. The van der Waals surface area contributed by atoms with Crippen molar-refractivity contribution < 1.29 is 22.7 Å². The molecule has 10 heteroatoms. The second kappa shape index (κ2) is 9.89. The molecule has 1 amide bonds. The summed E-state index contributed by atoms with van der Waals surface area (Å²) >= 11 is 13.0. The molecule has 2 aliphatic rings. The van der Waals surface area contributed by atoms with Crippen LogP contribution in [0, 0.1) is 6.92 Å². The van der Waals surface area contributed by atoms with Crippen LogP contribution in [0.3, 0.4) is 0 Å². The van der Waals surface area contributed by atoms with E-state index in [0.29, 0.717) is 17.3 Å².